The molecule has 0 aliphatic carbocycles. The summed E-state index contributed by atoms with van der Waals surface area (Å²) in [4.78, 5) is 10.7. The van der Waals surface area contributed by atoms with Gasteiger partial charge in [-0.2, -0.15) is 0 Å². The van der Waals surface area contributed by atoms with Crippen molar-refractivity contribution in [3.05, 3.63) is 21.7 Å². The molecule has 4 nitrogen and oxygen atoms in total. The number of carboxylic acids is 1. The number of hydrogen-bond acceptors (Lipinski definition) is 3. The van der Waals surface area contributed by atoms with E-state index >= 15 is 0 Å². The normalized spacial score (nSPS) is 10.0. The Bertz CT molecular complexity index is 377. The maximum atomic E-state index is 10.7. The number of hydrogen-bond donors (Lipinski definition) is 3. The highest BCUT2D eigenvalue weighted by atomic mass is 79.9. The van der Waals surface area contributed by atoms with Crippen LogP contribution in [0.1, 0.15) is 15.9 Å². The standard InChI is InChI=1S/C8H9BrN2O2/c1-3-2-4(8(12)13)7(11)5(9)6(3)10/h2H,10-11H2,1H3,(H,12,13). The molecule has 0 aromatic heterocycles. The Morgan fingerprint density at radius 2 is 2.00 bits per heavy atom. The van der Waals surface area contributed by atoms with Gasteiger partial charge in [0.1, 0.15) is 0 Å². The zero-order valence-corrected chi connectivity index (χ0v) is 8.55. The molecule has 13 heavy (non-hydrogen) atoms. The lowest BCUT2D eigenvalue weighted by Crippen LogP contribution is -2.06. The Kier molecular flexibility index (Phi) is 2.47. The third-order valence-corrected chi connectivity index (χ3v) is 2.63. The second-order valence-corrected chi connectivity index (χ2v) is 3.48. The van der Waals surface area contributed by atoms with E-state index < -0.39 is 5.97 Å². The van der Waals surface area contributed by atoms with Crippen LogP contribution >= 0.6 is 15.9 Å². The number of aromatic carboxylic acids is 1. The smallest absolute Gasteiger partial charge is 0.337 e. The number of carbonyl (C=O) groups is 1. The van der Waals surface area contributed by atoms with E-state index in [0.29, 0.717) is 15.7 Å². The quantitative estimate of drug-likeness (QED) is 0.656. The van der Waals surface area contributed by atoms with Gasteiger partial charge in [-0.1, -0.05) is 0 Å². The number of benzene rings is 1. The highest BCUT2D eigenvalue weighted by Gasteiger charge is 2.14. The molecule has 1 aromatic carbocycles. The van der Waals surface area contributed by atoms with E-state index in [1.165, 1.54) is 6.07 Å². The van der Waals surface area contributed by atoms with E-state index in [0.717, 1.165) is 0 Å². The van der Waals surface area contributed by atoms with Crippen molar-refractivity contribution in [3.8, 4) is 0 Å². The summed E-state index contributed by atoms with van der Waals surface area (Å²) in [6, 6.07) is 1.46. The van der Waals surface area contributed by atoms with Crippen molar-refractivity contribution in [1.29, 1.82) is 0 Å². The number of anilines is 2. The van der Waals surface area contributed by atoms with Crippen LogP contribution < -0.4 is 11.5 Å². The lowest BCUT2D eigenvalue weighted by molar-refractivity contribution is 0.0698. The molecule has 0 atom stereocenters. The summed E-state index contributed by atoms with van der Waals surface area (Å²) in [5.41, 5.74) is 12.6. The summed E-state index contributed by atoms with van der Waals surface area (Å²) in [5.74, 6) is -1.05. The Balaban J connectivity index is 3.50. The number of nitrogens with two attached hydrogens (primary N) is 2. The van der Waals surface area contributed by atoms with Gasteiger partial charge in [-0.15, -0.1) is 0 Å². The van der Waals surface area contributed by atoms with Crippen LogP contribution in [-0.2, 0) is 0 Å². The molecule has 0 unspecified atom stereocenters. The summed E-state index contributed by atoms with van der Waals surface area (Å²) < 4.78 is 0.449. The van der Waals surface area contributed by atoms with Gasteiger partial charge < -0.3 is 16.6 Å². The molecule has 70 valence electrons. The fraction of sp³-hybridized carbons (Fsp3) is 0.125. The largest absolute Gasteiger partial charge is 0.478 e. The van der Waals surface area contributed by atoms with Crippen molar-refractivity contribution in [2.45, 2.75) is 6.92 Å². The van der Waals surface area contributed by atoms with Gasteiger partial charge in [0.05, 0.1) is 21.4 Å². The van der Waals surface area contributed by atoms with Crippen LogP contribution in [0.5, 0.6) is 0 Å². The molecular formula is C8H9BrN2O2. The van der Waals surface area contributed by atoms with E-state index in [-0.39, 0.29) is 11.3 Å². The van der Waals surface area contributed by atoms with Gasteiger partial charge in [0.2, 0.25) is 0 Å². The summed E-state index contributed by atoms with van der Waals surface area (Å²) in [6.07, 6.45) is 0. The minimum Gasteiger partial charge on any atom is -0.478 e. The maximum absolute atomic E-state index is 10.7. The van der Waals surface area contributed by atoms with Gasteiger partial charge in [0.25, 0.3) is 0 Å². The fourth-order valence-corrected chi connectivity index (χ4v) is 1.51. The summed E-state index contributed by atoms with van der Waals surface area (Å²) in [5, 5.41) is 8.76. The van der Waals surface area contributed by atoms with Crippen LogP contribution in [0.3, 0.4) is 0 Å². The van der Waals surface area contributed by atoms with Crippen LogP contribution in [-0.4, -0.2) is 11.1 Å². The van der Waals surface area contributed by atoms with E-state index in [2.05, 4.69) is 15.9 Å². The first-order valence-electron chi connectivity index (χ1n) is 3.52. The molecule has 0 saturated heterocycles. The first-order chi connectivity index (χ1) is 5.95. The molecule has 1 aromatic rings. The summed E-state index contributed by atoms with van der Waals surface area (Å²) >= 11 is 3.14. The number of carboxylic acid groups (broad SMARTS) is 1. The Morgan fingerprint density at radius 3 is 2.46 bits per heavy atom. The van der Waals surface area contributed by atoms with Crippen molar-refractivity contribution in [2.75, 3.05) is 11.5 Å². The molecule has 0 aliphatic rings. The van der Waals surface area contributed by atoms with Crippen LogP contribution in [0.4, 0.5) is 11.4 Å². The number of aryl methyl sites for hydroxylation is 1. The number of rotatable bonds is 1. The number of nitrogen functional groups attached to an aromatic ring is 2. The SMILES string of the molecule is Cc1cc(C(=O)O)c(N)c(Br)c1N. The molecule has 5 N–H and O–H groups in total. The van der Waals surface area contributed by atoms with Gasteiger partial charge in [0.15, 0.2) is 0 Å². The van der Waals surface area contributed by atoms with Crippen molar-refractivity contribution in [1.82, 2.24) is 0 Å². The molecule has 0 amide bonds. The Morgan fingerprint density at radius 1 is 1.46 bits per heavy atom. The molecule has 0 heterocycles. The molecular weight excluding hydrogens is 236 g/mol. The van der Waals surface area contributed by atoms with Gasteiger partial charge in [-0.25, -0.2) is 4.79 Å². The highest BCUT2D eigenvalue weighted by Crippen LogP contribution is 2.32. The second kappa shape index (κ2) is 3.26. The first kappa shape index (κ1) is 9.85. The fourth-order valence-electron chi connectivity index (χ4n) is 0.985. The monoisotopic (exact) mass is 244 g/mol. The van der Waals surface area contributed by atoms with Gasteiger partial charge in [-0.3, -0.25) is 0 Å². The van der Waals surface area contributed by atoms with Crippen LogP contribution in [0, 0.1) is 6.92 Å². The van der Waals surface area contributed by atoms with E-state index in [1.54, 1.807) is 6.92 Å². The van der Waals surface area contributed by atoms with Crippen molar-refractivity contribution in [2.24, 2.45) is 0 Å². The summed E-state index contributed by atoms with van der Waals surface area (Å²) in [6.45, 7) is 1.73. The second-order valence-electron chi connectivity index (χ2n) is 2.69. The lowest BCUT2D eigenvalue weighted by atomic mass is 10.1. The van der Waals surface area contributed by atoms with Gasteiger partial charge in [-0.05, 0) is 34.5 Å². The molecule has 0 aliphatic heterocycles. The van der Waals surface area contributed by atoms with E-state index in [4.69, 9.17) is 16.6 Å². The van der Waals surface area contributed by atoms with Crippen LogP contribution in [0.2, 0.25) is 0 Å². The maximum Gasteiger partial charge on any atom is 0.337 e. The van der Waals surface area contributed by atoms with E-state index in [9.17, 15) is 4.79 Å². The Hall–Kier alpha value is -1.23. The average Bonchev–Trinajstić information content (AvgIpc) is 2.07. The third kappa shape index (κ3) is 1.60. The highest BCUT2D eigenvalue weighted by molar-refractivity contribution is 9.10. The molecule has 0 radical (unpaired) electrons. The van der Waals surface area contributed by atoms with E-state index in [1.807, 2.05) is 0 Å². The lowest BCUT2D eigenvalue weighted by Gasteiger charge is -2.08. The number of halogens is 1. The molecule has 0 saturated carbocycles. The summed E-state index contributed by atoms with van der Waals surface area (Å²) in [7, 11) is 0. The zero-order valence-electron chi connectivity index (χ0n) is 6.97. The molecule has 0 spiro atoms. The van der Waals surface area contributed by atoms with Crippen LogP contribution in [0.25, 0.3) is 0 Å². The first-order valence-corrected chi connectivity index (χ1v) is 4.31. The molecule has 5 heteroatoms. The third-order valence-electron chi connectivity index (χ3n) is 1.78. The molecule has 1 rings (SSSR count). The topological polar surface area (TPSA) is 89.3 Å². The molecule has 0 fully saturated rings. The van der Waals surface area contributed by atoms with Gasteiger partial charge >= 0.3 is 5.97 Å². The zero-order chi connectivity index (χ0) is 10.2. The van der Waals surface area contributed by atoms with Crippen molar-refractivity contribution in [3.63, 3.8) is 0 Å². The van der Waals surface area contributed by atoms with Gasteiger partial charge in [0, 0.05) is 0 Å². The Labute approximate surface area is 83.7 Å². The predicted octanol–water partition coefficient (Wildman–Crippen LogP) is 1.62. The minimum atomic E-state index is -1.05. The minimum absolute atomic E-state index is 0.0681. The van der Waals surface area contributed by atoms with Crippen LogP contribution in [0.15, 0.2) is 10.5 Å². The molecule has 0 bridgehead atoms. The van der Waals surface area contributed by atoms with Crippen molar-refractivity contribution >= 4 is 33.3 Å². The van der Waals surface area contributed by atoms with Crippen molar-refractivity contribution < 1.29 is 9.90 Å². The predicted molar refractivity (Wildman–Crippen MR) is 54.7 cm³/mol. The average molecular weight is 245 g/mol.